The maximum Gasteiger partial charge on any atom is 0.410 e. The van der Waals surface area contributed by atoms with Gasteiger partial charge in [0.2, 0.25) is 0 Å². The van der Waals surface area contributed by atoms with Crippen LogP contribution in [0.4, 0.5) is 24.5 Å². The van der Waals surface area contributed by atoms with E-state index in [1.54, 1.807) is 31.2 Å². The van der Waals surface area contributed by atoms with Crippen LogP contribution in [-0.4, -0.2) is 39.6 Å². The minimum Gasteiger partial charge on any atom is -0.371 e. The van der Waals surface area contributed by atoms with Crippen LogP contribution >= 0.6 is 0 Å². The zero-order valence-corrected chi connectivity index (χ0v) is 13.6. The van der Waals surface area contributed by atoms with Crippen molar-refractivity contribution in [3.8, 4) is 0 Å². The second kappa shape index (κ2) is 5.72. The summed E-state index contributed by atoms with van der Waals surface area (Å²) in [5.74, 6) is 0.0941. The Kier molecular flexibility index (Phi) is 3.60. The van der Waals surface area contributed by atoms with E-state index in [4.69, 9.17) is 0 Å². The summed E-state index contributed by atoms with van der Waals surface area (Å²) in [7, 11) is 0. The lowest BCUT2D eigenvalue weighted by Gasteiger charge is -2.36. The van der Waals surface area contributed by atoms with Crippen LogP contribution in [0.2, 0.25) is 0 Å². The average molecular weight is 361 g/mol. The van der Waals surface area contributed by atoms with Gasteiger partial charge in [0, 0.05) is 6.20 Å². The topological polar surface area (TPSA) is 73.9 Å². The lowest BCUT2D eigenvalue weighted by Crippen LogP contribution is -2.51. The Hall–Kier alpha value is -3.10. The number of imidazole rings is 1. The van der Waals surface area contributed by atoms with Crippen molar-refractivity contribution in [3.05, 3.63) is 47.9 Å². The molecule has 0 spiro atoms. The van der Waals surface area contributed by atoms with E-state index in [0.29, 0.717) is 22.7 Å². The Morgan fingerprint density at radius 3 is 2.85 bits per heavy atom. The molecule has 2 N–H and O–H groups in total. The quantitative estimate of drug-likeness (QED) is 0.698. The van der Waals surface area contributed by atoms with Crippen LogP contribution in [0.1, 0.15) is 16.2 Å². The van der Waals surface area contributed by atoms with E-state index < -0.39 is 24.7 Å². The summed E-state index contributed by atoms with van der Waals surface area (Å²) in [6.07, 6.45) is -3.15. The lowest BCUT2D eigenvalue weighted by molar-refractivity contribution is -0.140. The van der Waals surface area contributed by atoms with Gasteiger partial charge in [-0.3, -0.25) is 4.79 Å². The van der Waals surface area contributed by atoms with Crippen LogP contribution in [0.5, 0.6) is 0 Å². The maximum atomic E-state index is 13.3. The third kappa shape index (κ3) is 2.75. The number of aryl methyl sites for hydroxylation is 1. The number of aromatic amines is 1. The fourth-order valence-electron chi connectivity index (χ4n) is 3.02. The van der Waals surface area contributed by atoms with Gasteiger partial charge < -0.3 is 15.2 Å². The van der Waals surface area contributed by atoms with Gasteiger partial charge in [0.1, 0.15) is 11.9 Å². The van der Waals surface area contributed by atoms with Gasteiger partial charge in [-0.25, -0.2) is 9.97 Å². The van der Waals surface area contributed by atoms with Gasteiger partial charge in [-0.2, -0.15) is 13.2 Å². The second-order valence-electron chi connectivity index (χ2n) is 6.09. The van der Waals surface area contributed by atoms with E-state index in [1.807, 2.05) is 0 Å². The fourth-order valence-corrected chi connectivity index (χ4v) is 3.02. The predicted molar refractivity (Wildman–Crippen MR) is 90.2 cm³/mol. The first-order chi connectivity index (χ1) is 12.3. The molecular formula is C17H14F3N5O. The number of carbonyl (C=O) groups is 1. The molecule has 0 saturated carbocycles. The molecule has 0 aliphatic carbocycles. The molecular weight excluding hydrogens is 347 g/mol. The van der Waals surface area contributed by atoms with E-state index in [2.05, 4.69) is 20.3 Å². The molecule has 1 aliphatic rings. The van der Waals surface area contributed by atoms with Crippen molar-refractivity contribution in [1.29, 1.82) is 0 Å². The Bertz CT molecular complexity index is 997. The number of para-hydroxylation sites is 2. The van der Waals surface area contributed by atoms with Crippen molar-refractivity contribution in [2.24, 2.45) is 0 Å². The summed E-state index contributed by atoms with van der Waals surface area (Å²) in [6, 6.07) is 6.14. The Labute approximate surface area is 146 Å². The van der Waals surface area contributed by atoms with Crippen LogP contribution in [0.3, 0.4) is 0 Å². The first-order valence-electron chi connectivity index (χ1n) is 7.89. The van der Waals surface area contributed by atoms with E-state index >= 15 is 0 Å². The highest BCUT2D eigenvalue weighted by atomic mass is 19.4. The number of carbonyl (C=O) groups excluding carboxylic acids is 1. The first kappa shape index (κ1) is 16.4. The molecule has 0 fully saturated rings. The molecule has 2 aromatic heterocycles. The minimum atomic E-state index is -4.48. The number of nitrogens with zero attached hydrogens (tertiary/aromatic N) is 3. The highest BCUT2D eigenvalue weighted by Crippen LogP contribution is 2.36. The van der Waals surface area contributed by atoms with Crippen LogP contribution in [-0.2, 0) is 0 Å². The highest BCUT2D eigenvalue weighted by Gasteiger charge is 2.44. The third-order valence-electron chi connectivity index (χ3n) is 4.23. The number of H-pyrrole nitrogens is 1. The van der Waals surface area contributed by atoms with Gasteiger partial charge in [0.25, 0.3) is 5.91 Å². The number of rotatable bonds is 1. The van der Waals surface area contributed by atoms with Crippen molar-refractivity contribution >= 4 is 28.4 Å². The molecule has 0 radical (unpaired) electrons. The SMILES string of the molecule is Cc1nc2ncc(C(=O)N3CC(C(F)(F)F)Nc4ccccc43)cc2[nH]1. The van der Waals surface area contributed by atoms with Crippen LogP contribution in [0.15, 0.2) is 36.5 Å². The Balaban J connectivity index is 1.75. The van der Waals surface area contributed by atoms with Gasteiger partial charge in [-0.1, -0.05) is 12.1 Å². The van der Waals surface area contributed by atoms with Gasteiger partial charge >= 0.3 is 6.18 Å². The molecule has 1 amide bonds. The number of anilines is 2. The molecule has 134 valence electrons. The smallest absolute Gasteiger partial charge is 0.371 e. The van der Waals surface area contributed by atoms with Crippen molar-refractivity contribution in [3.63, 3.8) is 0 Å². The maximum absolute atomic E-state index is 13.3. The van der Waals surface area contributed by atoms with Crippen molar-refractivity contribution in [2.75, 3.05) is 16.8 Å². The molecule has 0 saturated heterocycles. The van der Waals surface area contributed by atoms with Crippen LogP contribution in [0, 0.1) is 6.92 Å². The van der Waals surface area contributed by atoms with Gasteiger partial charge in [-0.15, -0.1) is 0 Å². The molecule has 6 nitrogen and oxygen atoms in total. The van der Waals surface area contributed by atoms with Crippen molar-refractivity contribution in [2.45, 2.75) is 19.1 Å². The van der Waals surface area contributed by atoms with Crippen molar-refractivity contribution in [1.82, 2.24) is 15.0 Å². The summed E-state index contributed by atoms with van der Waals surface area (Å²) in [6.45, 7) is 1.24. The van der Waals surface area contributed by atoms with E-state index in [1.165, 1.54) is 12.3 Å². The Morgan fingerprint density at radius 2 is 2.08 bits per heavy atom. The summed E-state index contributed by atoms with van der Waals surface area (Å²) in [4.78, 5) is 25.3. The van der Waals surface area contributed by atoms with Gasteiger partial charge in [-0.05, 0) is 25.1 Å². The number of benzene rings is 1. The number of halogens is 3. The molecule has 1 aliphatic heterocycles. The van der Waals surface area contributed by atoms with Gasteiger partial charge in [0.05, 0.1) is 29.0 Å². The summed E-state index contributed by atoms with van der Waals surface area (Å²) < 4.78 is 39.8. The van der Waals surface area contributed by atoms with E-state index in [0.717, 1.165) is 4.90 Å². The number of hydrogen-bond acceptors (Lipinski definition) is 4. The third-order valence-corrected chi connectivity index (χ3v) is 4.23. The van der Waals surface area contributed by atoms with Crippen LogP contribution in [0.25, 0.3) is 11.2 Å². The molecule has 9 heteroatoms. The Morgan fingerprint density at radius 1 is 1.31 bits per heavy atom. The predicted octanol–water partition coefficient (Wildman–Crippen LogP) is 3.27. The number of fused-ring (bicyclic) bond motifs is 2. The highest BCUT2D eigenvalue weighted by molar-refractivity contribution is 6.09. The molecule has 3 aromatic rings. The second-order valence-corrected chi connectivity index (χ2v) is 6.09. The average Bonchev–Trinajstić information content (AvgIpc) is 2.98. The number of amides is 1. The standard InChI is InChI=1S/C17H14F3N5O/c1-9-22-12-6-10(7-21-15(12)23-9)16(26)25-8-14(17(18,19)20)24-11-4-2-3-5-13(11)25/h2-7,14,24H,8H2,1H3,(H,21,22,23). The van der Waals surface area contributed by atoms with Crippen LogP contribution < -0.4 is 10.2 Å². The summed E-state index contributed by atoms with van der Waals surface area (Å²) >= 11 is 0. The molecule has 3 heterocycles. The van der Waals surface area contributed by atoms with E-state index in [-0.39, 0.29) is 11.3 Å². The number of pyridine rings is 1. The fraction of sp³-hybridized carbons (Fsp3) is 0.235. The first-order valence-corrected chi connectivity index (χ1v) is 7.89. The van der Waals surface area contributed by atoms with Crippen molar-refractivity contribution < 1.29 is 18.0 Å². The molecule has 4 rings (SSSR count). The van der Waals surface area contributed by atoms with E-state index in [9.17, 15) is 18.0 Å². The molecule has 0 bridgehead atoms. The normalized spacial score (nSPS) is 17.1. The number of nitrogens with one attached hydrogen (secondary N) is 2. The molecule has 1 unspecified atom stereocenters. The minimum absolute atomic E-state index is 0.193. The largest absolute Gasteiger partial charge is 0.410 e. The van der Waals surface area contributed by atoms with Gasteiger partial charge in [0.15, 0.2) is 5.65 Å². The summed E-state index contributed by atoms with van der Waals surface area (Å²) in [5.41, 5.74) is 1.87. The number of alkyl halides is 3. The number of aromatic nitrogens is 3. The zero-order chi connectivity index (χ0) is 18.5. The molecule has 1 aromatic carbocycles. The molecule has 1 atom stereocenters. The monoisotopic (exact) mass is 361 g/mol. The number of hydrogen-bond donors (Lipinski definition) is 2. The molecule has 26 heavy (non-hydrogen) atoms. The zero-order valence-electron chi connectivity index (χ0n) is 13.6. The lowest BCUT2D eigenvalue weighted by atomic mass is 10.1. The summed E-state index contributed by atoms with van der Waals surface area (Å²) in [5, 5.41) is 2.46.